The maximum Gasteiger partial charge on any atom is 0.0598 e. The van der Waals surface area contributed by atoms with Gasteiger partial charge in [0.15, 0.2) is 0 Å². The van der Waals surface area contributed by atoms with Crippen LogP contribution in [0.25, 0.3) is 10.9 Å². The van der Waals surface area contributed by atoms with Gasteiger partial charge in [-0.3, -0.25) is 0 Å². The molecule has 56 valence electrons. The molecule has 0 amide bonds. The van der Waals surface area contributed by atoms with E-state index < -0.39 is 0 Å². The normalized spacial score (nSPS) is 10.7. The van der Waals surface area contributed by atoms with Crippen LogP contribution in [-0.2, 0) is 0 Å². The van der Waals surface area contributed by atoms with E-state index in [2.05, 4.69) is 46.0 Å². The van der Waals surface area contributed by atoms with Gasteiger partial charge in [-0.15, -0.1) is 0 Å². The van der Waals surface area contributed by atoms with Crippen LogP contribution in [0.4, 0.5) is 0 Å². The molecule has 0 aliphatic rings. The minimum atomic E-state index is 1.14. The van der Waals surface area contributed by atoms with E-state index in [-0.39, 0.29) is 0 Å². The molecule has 0 fully saturated rings. The molecule has 0 bridgehead atoms. The number of benzene rings is 1. The van der Waals surface area contributed by atoms with Crippen molar-refractivity contribution in [3.05, 3.63) is 34.4 Å². The predicted molar refractivity (Wildman–Crippen MR) is 50.7 cm³/mol. The molecule has 11 heavy (non-hydrogen) atoms. The lowest BCUT2D eigenvalue weighted by Gasteiger charge is -1.96. The first-order valence-electron chi connectivity index (χ1n) is 3.50. The van der Waals surface area contributed by atoms with Crippen molar-refractivity contribution in [1.82, 2.24) is 4.98 Å². The molecule has 1 heterocycles. The highest BCUT2D eigenvalue weighted by Gasteiger charge is 1.98. The van der Waals surface area contributed by atoms with Gasteiger partial charge in [-0.2, -0.15) is 0 Å². The van der Waals surface area contributed by atoms with Gasteiger partial charge in [-0.05, 0) is 46.6 Å². The molecule has 0 spiro atoms. The molecular formula is C9H8BrN. The maximum atomic E-state index is 3.50. The van der Waals surface area contributed by atoms with Gasteiger partial charge in [-0.25, -0.2) is 0 Å². The van der Waals surface area contributed by atoms with Gasteiger partial charge < -0.3 is 4.98 Å². The van der Waals surface area contributed by atoms with E-state index in [0.717, 1.165) is 4.47 Å². The summed E-state index contributed by atoms with van der Waals surface area (Å²) in [5, 5.41) is 1.26. The van der Waals surface area contributed by atoms with E-state index in [0.29, 0.717) is 0 Å². The number of aromatic nitrogens is 1. The Morgan fingerprint density at radius 2 is 2.18 bits per heavy atom. The summed E-state index contributed by atoms with van der Waals surface area (Å²) in [6.07, 6.45) is 1.95. The molecule has 1 N–H and O–H groups in total. The average molecular weight is 210 g/mol. The molecule has 0 unspecified atom stereocenters. The zero-order valence-electron chi connectivity index (χ0n) is 6.19. The molecular weight excluding hydrogens is 202 g/mol. The average Bonchev–Trinajstić information content (AvgIpc) is 2.34. The van der Waals surface area contributed by atoms with Crippen molar-refractivity contribution in [1.29, 1.82) is 0 Å². The van der Waals surface area contributed by atoms with Crippen LogP contribution < -0.4 is 0 Å². The lowest BCUT2D eigenvalue weighted by Crippen LogP contribution is -1.74. The Balaban J connectivity index is 2.91. The van der Waals surface area contributed by atoms with Crippen molar-refractivity contribution >= 4 is 26.8 Å². The summed E-state index contributed by atoms with van der Waals surface area (Å²) >= 11 is 3.50. The summed E-state index contributed by atoms with van der Waals surface area (Å²) in [5.41, 5.74) is 2.46. The van der Waals surface area contributed by atoms with E-state index in [1.54, 1.807) is 0 Å². The molecule has 1 aromatic heterocycles. The number of rotatable bonds is 0. The van der Waals surface area contributed by atoms with Crippen LogP contribution >= 0.6 is 15.9 Å². The van der Waals surface area contributed by atoms with Gasteiger partial charge in [-0.1, -0.05) is 0 Å². The number of hydrogen-bond acceptors (Lipinski definition) is 0. The first-order valence-corrected chi connectivity index (χ1v) is 4.30. The molecule has 2 heteroatoms. The largest absolute Gasteiger partial charge is 0.360 e. The van der Waals surface area contributed by atoms with E-state index in [4.69, 9.17) is 0 Å². The van der Waals surface area contributed by atoms with Gasteiger partial charge in [0.2, 0.25) is 0 Å². The molecule has 0 aliphatic carbocycles. The van der Waals surface area contributed by atoms with E-state index in [1.165, 1.54) is 16.5 Å². The third-order valence-corrected chi connectivity index (χ3v) is 2.38. The van der Waals surface area contributed by atoms with Crippen molar-refractivity contribution in [2.24, 2.45) is 0 Å². The van der Waals surface area contributed by atoms with Gasteiger partial charge in [0.1, 0.15) is 0 Å². The Labute approximate surface area is 73.6 Å². The fourth-order valence-electron chi connectivity index (χ4n) is 1.27. The Bertz CT molecular complexity index is 389. The number of H-pyrrole nitrogens is 1. The topological polar surface area (TPSA) is 15.8 Å². The van der Waals surface area contributed by atoms with E-state index in [1.807, 2.05) is 6.20 Å². The molecule has 1 aromatic carbocycles. The van der Waals surface area contributed by atoms with Crippen molar-refractivity contribution in [2.75, 3.05) is 0 Å². The maximum absolute atomic E-state index is 3.50. The molecule has 0 radical (unpaired) electrons. The van der Waals surface area contributed by atoms with Crippen LogP contribution in [0.1, 0.15) is 5.56 Å². The fourth-order valence-corrected chi connectivity index (χ4v) is 1.97. The van der Waals surface area contributed by atoms with Crippen molar-refractivity contribution < 1.29 is 0 Å². The van der Waals surface area contributed by atoms with Crippen LogP contribution in [0.2, 0.25) is 0 Å². The molecule has 0 saturated heterocycles. The fraction of sp³-hybridized carbons (Fsp3) is 0.111. The van der Waals surface area contributed by atoms with Crippen LogP contribution in [0.3, 0.4) is 0 Å². The zero-order valence-corrected chi connectivity index (χ0v) is 7.77. The SMILES string of the molecule is Cc1cc(Br)c2[nH]ccc2c1. The van der Waals surface area contributed by atoms with E-state index >= 15 is 0 Å². The Kier molecular flexibility index (Phi) is 1.50. The lowest BCUT2D eigenvalue weighted by molar-refractivity contribution is 1.44. The number of halogens is 1. The van der Waals surface area contributed by atoms with Crippen LogP contribution in [0.15, 0.2) is 28.9 Å². The number of aromatic amines is 1. The molecule has 1 nitrogen and oxygen atoms in total. The second-order valence-corrected chi connectivity index (χ2v) is 3.54. The molecule has 2 rings (SSSR count). The molecule has 0 atom stereocenters. The molecule has 2 aromatic rings. The Morgan fingerprint density at radius 3 is 3.00 bits per heavy atom. The summed E-state index contributed by atoms with van der Waals surface area (Å²) in [6, 6.07) is 6.35. The van der Waals surface area contributed by atoms with Crippen LogP contribution in [0.5, 0.6) is 0 Å². The monoisotopic (exact) mass is 209 g/mol. The van der Waals surface area contributed by atoms with E-state index in [9.17, 15) is 0 Å². The summed E-state index contributed by atoms with van der Waals surface area (Å²) in [5.74, 6) is 0. The number of nitrogens with one attached hydrogen (secondary N) is 1. The third-order valence-electron chi connectivity index (χ3n) is 1.76. The Hall–Kier alpha value is -0.760. The van der Waals surface area contributed by atoms with Crippen LogP contribution in [0, 0.1) is 6.92 Å². The summed E-state index contributed by atoms with van der Waals surface area (Å²) in [6.45, 7) is 2.09. The quantitative estimate of drug-likeness (QED) is 0.686. The minimum Gasteiger partial charge on any atom is -0.360 e. The number of fused-ring (bicyclic) bond motifs is 1. The number of hydrogen-bond donors (Lipinski definition) is 1. The Morgan fingerprint density at radius 1 is 1.36 bits per heavy atom. The first-order chi connectivity index (χ1) is 5.27. The highest BCUT2D eigenvalue weighted by atomic mass is 79.9. The van der Waals surface area contributed by atoms with Crippen LogP contribution in [-0.4, -0.2) is 4.98 Å². The second kappa shape index (κ2) is 2.38. The highest BCUT2D eigenvalue weighted by molar-refractivity contribution is 9.10. The smallest absolute Gasteiger partial charge is 0.0598 e. The summed E-state index contributed by atoms with van der Waals surface area (Å²) in [4.78, 5) is 3.17. The standard InChI is InChI=1S/C9H8BrN/c1-6-4-7-2-3-11-9(7)8(10)5-6/h2-5,11H,1H3. The molecule has 0 saturated carbocycles. The summed E-state index contributed by atoms with van der Waals surface area (Å²) in [7, 11) is 0. The predicted octanol–water partition coefficient (Wildman–Crippen LogP) is 3.24. The lowest BCUT2D eigenvalue weighted by atomic mass is 10.2. The second-order valence-electron chi connectivity index (χ2n) is 2.69. The zero-order chi connectivity index (χ0) is 7.84. The van der Waals surface area contributed by atoms with Gasteiger partial charge >= 0.3 is 0 Å². The van der Waals surface area contributed by atoms with Crippen molar-refractivity contribution in [3.63, 3.8) is 0 Å². The van der Waals surface area contributed by atoms with Crippen molar-refractivity contribution in [2.45, 2.75) is 6.92 Å². The first kappa shape index (κ1) is 6.92. The summed E-state index contributed by atoms with van der Waals surface area (Å²) < 4.78 is 1.14. The van der Waals surface area contributed by atoms with Gasteiger partial charge in [0.25, 0.3) is 0 Å². The number of aryl methyl sites for hydroxylation is 1. The highest BCUT2D eigenvalue weighted by Crippen LogP contribution is 2.23. The van der Waals surface area contributed by atoms with Crippen molar-refractivity contribution in [3.8, 4) is 0 Å². The van der Waals surface area contributed by atoms with Gasteiger partial charge in [0.05, 0.1) is 5.52 Å². The third kappa shape index (κ3) is 1.07. The molecule has 0 aliphatic heterocycles. The van der Waals surface area contributed by atoms with Gasteiger partial charge in [0, 0.05) is 16.1 Å². The minimum absolute atomic E-state index is 1.14.